The predicted octanol–water partition coefficient (Wildman–Crippen LogP) is 1.11. The second-order valence-electron chi connectivity index (χ2n) is 4.52. The van der Waals surface area contributed by atoms with Crippen molar-refractivity contribution < 1.29 is 0 Å². The van der Waals surface area contributed by atoms with Gasteiger partial charge in [-0.15, -0.1) is 0 Å². The van der Waals surface area contributed by atoms with Crippen molar-refractivity contribution in [2.24, 2.45) is 5.84 Å². The molecule has 6 heteroatoms. The molecule has 94 valence electrons. The van der Waals surface area contributed by atoms with E-state index in [1.165, 1.54) is 32.1 Å². The molecule has 0 saturated heterocycles. The van der Waals surface area contributed by atoms with Crippen LogP contribution in [0.2, 0.25) is 0 Å². The van der Waals surface area contributed by atoms with Crippen LogP contribution in [-0.4, -0.2) is 23.1 Å². The molecule has 0 bridgehead atoms. The van der Waals surface area contributed by atoms with Gasteiger partial charge in [-0.3, -0.25) is 0 Å². The maximum atomic E-state index is 5.66. The molecule has 2 rings (SSSR count). The number of hydrogen-bond acceptors (Lipinski definition) is 6. The standard InChI is InChI=1S/C11H20N6/c1-17(8-5-3-2-4-6-8)10-7-9(16-13)14-11(12)15-10/h7-8H,2-6,13H2,1H3,(H3,12,14,15,16). The molecule has 17 heavy (non-hydrogen) atoms. The molecule has 1 aromatic heterocycles. The van der Waals surface area contributed by atoms with Gasteiger partial charge in [0.1, 0.15) is 11.6 Å². The molecule has 0 atom stereocenters. The van der Waals surface area contributed by atoms with E-state index < -0.39 is 0 Å². The summed E-state index contributed by atoms with van der Waals surface area (Å²) in [6.45, 7) is 0. The van der Waals surface area contributed by atoms with Crippen molar-refractivity contribution in [2.75, 3.05) is 23.1 Å². The SMILES string of the molecule is CN(c1cc(NN)nc(N)n1)C1CCCCC1. The summed E-state index contributed by atoms with van der Waals surface area (Å²) in [5, 5.41) is 0. The van der Waals surface area contributed by atoms with Crippen molar-refractivity contribution in [1.82, 2.24) is 9.97 Å². The van der Waals surface area contributed by atoms with Gasteiger partial charge in [0, 0.05) is 19.2 Å². The first-order valence-corrected chi connectivity index (χ1v) is 6.04. The Labute approximate surface area is 101 Å². The van der Waals surface area contributed by atoms with Gasteiger partial charge in [0.25, 0.3) is 0 Å². The van der Waals surface area contributed by atoms with Crippen LogP contribution in [0, 0.1) is 0 Å². The van der Waals surface area contributed by atoms with Gasteiger partial charge < -0.3 is 16.1 Å². The van der Waals surface area contributed by atoms with Crippen LogP contribution in [0.5, 0.6) is 0 Å². The molecule has 1 aromatic rings. The summed E-state index contributed by atoms with van der Waals surface area (Å²) in [6.07, 6.45) is 6.35. The minimum atomic E-state index is 0.248. The summed E-state index contributed by atoms with van der Waals surface area (Å²) in [5.41, 5.74) is 8.17. The predicted molar refractivity (Wildman–Crippen MR) is 69.5 cm³/mol. The molecule has 1 aliphatic rings. The molecular formula is C11H20N6. The van der Waals surface area contributed by atoms with Gasteiger partial charge in [-0.05, 0) is 12.8 Å². The van der Waals surface area contributed by atoms with E-state index in [2.05, 4.69) is 27.3 Å². The number of hydrazine groups is 1. The van der Waals surface area contributed by atoms with Crippen LogP contribution in [0.3, 0.4) is 0 Å². The van der Waals surface area contributed by atoms with Crippen molar-refractivity contribution in [3.8, 4) is 0 Å². The van der Waals surface area contributed by atoms with Gasteiger partial charge in [0.15, 0.2) is 0 Å². The van der Waals surface area contributed by atoms with E-state index in [-0.39, 0.29) is 5.95 Å². The molecule has 0 unspecified atom stereocenters. The number of anilines is 3. The Morgan fingerprint density at radius 3 is 2.65 bits per heavy atom. The van der Waals surface area contributed by atoms with Gasteiger partial charge in [-0.1, -0.05) is 19.3 Å². The molecule has 1 aliphatic carbocycles. The Bertz CT molecular complexity index is 374. The molecule has 1 heterocycles. The average Bonchev–Trinajstić information content (AvgIpc) is 2.38. The lowest BCUT2D eigenvalue weighted by molar-refractivity contribution is 0.426. The first-order chi connectivity index (χ1) is 8.20. The first kappa shape index (κ1) is 11.9. The highest BCUT2D eigenvalue weighted by molar-refractivity contribution is 5.52. The van der Waals surface area contributed by atoms with E-state index in [0.29, 0.717) is 11.9 Å². The fourth-order valence-electron chi connectivity index (χ4n) is 2.36. The zero-order valence-corrected chi connectivity index (χ0v) is 10.2. The third kappa shape index (κ3) is 2.76. The van der Waals surface area contributed by atoms with Crippen LogP contribution >= 0.6 is 0 Å². The van der Waals surface area contributed by atoms with Crippen LogP contribution in [-0.2, 0) is 0 Å². The Kier molecular flexibility index (Phi) is 3.63. The van der Waals surface area contributed by atoms with Crippen LogP contribution in [0.25, 0.3) is 0 Å². The van der Waals surface area contributed by atoms with Crippen LogP contribution in [0.15, 0.2) is 6.07 Å². The van der Waals surface area contributed by atoms with Crippen molar-refractivity contribution in [2.45, 2.75) is 38.1 Å². The fourth-order valence-corrected chi connectivity index (χ4v) is 2.36. The Balaban J connectivity index is 2.17. The lowest BCUT2D eigenvalue weighted by Gasteiger charge is -2.32. The monoisotopic (exact) mass is 236 g/mol. The summed E-state index contributed by atoms with van der Waals surface area (Å²) in [4.78, 5) is 10.4. The number of hydrogen-bond donors (Lipinski definition) is 3. The van der Waals surface area contributed by atoms with Gasteiger partial charge in [0.2, 0.25) is 5.95 Å². The summed E-state index contributed by atoms with van der Waals surface area (Å²) in [7, 11) is 2.05. The minimum Gasteiger partial charge on any atom is -0.368 e. The van der Waals surface area contributed by atoms with E-state index in [9.17, 15) is 0 Å². The van der Waals surface area contributed by atoms with Crippen LogP contribution in [0.1, 0.15) is 32.1 Å². The van der Waals surface area contributed by atoms with Crippen molar-refractivity contribution in [1.29, 1.82) is 0 Å². The second kappa shape index (κ2) is 5.18. The highest BCUT2D eigenvalue weighted by Gasteiger charge is 2.19. The Hall–Kier alpha value is -1.56. The van der Waals surface area contributed by atoms with E-state index in [1.807, 2.05) is 6.07 Å². The fraction of sp³-hybridized carbons (Fsp3) is 0.636. The van der Waals surface area contributed by atoms with Crippen molar-refractivity contribution in [3.63, 3.8) is 0 Å². The summed E-state index contributed by atoms with van der Waals surface area (Å²) >= 11 is 0. The molecule has 0 spiro atoms. The van der Waals surface area contributed by atoms with Crippen LogP contribution in [0.4, 0.5) is 17.6 Å². The number of nitrogens with zero attached hydrogens (tertiary/aromatic N) is 3. The molecule has 0 amide bonds. The van der Waals surface area contributed by atoms with E-state index in [4.69, 9.17) is 11.6 Å². The van der Waals surface area contributed by atoms with Gasteiger partial charge in [-0.25, -0.2) is 5.84 Å². The van der Waals surface area contributed by atoms with Crippen LogP contribution < -0.4 is 21.9 Å². The molecule has 1 saturated carbocycles. The van der Waals surface area contributed by atoms with E-state index in [1.54, 1.807) is 0 Å². The number of nitrogens with one attached hydrogen (secondary N) is 1. The first-order valence-electron chi connectivity index (χ1n) is 6.04. The zero-order chi connectivity index (χ0) is 12.3. The maximum Gasteiger partial charge on any atom is 0.223 e. The Morgan fingerprint density at radius 1 is 1.29 bits per heavy atom. The molecular weight excluding hydrogens is 216 g/mol. The smallest absolute Gasteiger partial charge is 0.223 e. The normalized spacial score (nSPS) is 16.8. The minimum absolute atomic E-state index is 0.248. The topological polar surface area (TPSA) is 93.1 Å². The molecule has 0 radical (unpaired) electrons. The zero-order valence-electron chi connectivity index (χ0n) is 10.2. The summed E-state index contributed by atoms with van der Waals surface area (Å²) in [5.74, 6) is 6.98. The van der Waals surface area contributed by atoms with Gasteiger partial charge in [0.05, 0.1) is 0 Å². The molecule has 0 aromatic carbocycles. The maximum absolute atomic E-state index is 5.66. The number of rotatable bonds is 3. The van der Waals surface area contributed by atoms with Crippen molar-refractivity contribution >= 4 is 17.6 Å². The highest BCUT2D eigenvalue weighted by Crippen LogP contribution is 2.26. The highest BCUT2D eigenvalue weighted by atomic mass is 15.3. The molecule has 5 N–H and O–H groups in total. The Morgan fingerprint density at radius 2 is 2.00 bits per heavy atom. The second-order valence-corrected chi connectivity index (χ2v) is 4.52. The number of nitrogen functional groups attached to an aromatic ring is 2. The average molecular weight is 236 g/mol. The van der Waals surface area contributed by atoms with Gasteiger partial charge in [-0.2, -0.15) is 9.97 Å². The lowest BCUT2D eigenvalue weighted by atomic mass is 9.94. The number of aromatic nitrogens is 2. The summed E-state index contributed by atoms with van der Waals surface area (Å²) in [6, 6.07) is 2.37. The van der Waals surface area contributed by atoms with E-state index >= 15 is 0 Å². The van der Waals surface area contributed by atoms with Crippen molar-refractivity contribution in [3.05, 3.63) is 6.07 Å². The van der Waals surface area contributed by atoms with E-state index in [0.717, 1.165) is 5.82 Å². The largest absolute Gasteiger partial charge is 0.368 e. The molecule has 1 fully saturated rings. The van der Waals surface area contributed by atoms with Gasteiger partial charge >= 0.3 is 0 Å². The molecule has 0 aliphatic heterocycles. The third-order valence-electron chi connectivity index (χ3n) is 3.36. The summed E-state index contributed by atoms with van der Waals surface area (Å²) < 4.78 is 0. The third-order valence-corrected chi connectivity index (χ3v) is 3.36. The lowest BCUT2D eigenvalue weighted by Crippen LogP contribution is -2.34. The number of nitrogens with two attached hydrogens (primary N) is 2. The quantitative estimate of drug-likeness (QED) is 0.538. The molecule has 6 nitrogen and oxygen atoms in total.